The molecule has 0 aliphatic carbocycles. The number of anilines is 2. The Labute approximate surface area is 153 Å². The van der Waals surface area contributed by atoms with E-state index in [0.29, 0.717) is 12.5 Å². The first-order valence-electron chi connectivity index (χ1n) is 9.00. The number of morpholine rings is 1. The summed E-state index contributed by atoms with van der Waals surface area (Å²) in [4.78, 5) is 18.0. The standard InChI is InChI=1S/C21H23N3O2/c1-15-14-26-11-10-24(15)18-8-6-17(7-9-18)23-21(25)12-16-13-22-20-5-3-2-4-19(16)20/h2-9,13,15,22H,10-12,14H2,1H3,(H,23,25). The summed E-state index contributed by atoms with van der Waals surface area (Å²) >= 11 is 0. The molecule has 1 atom stereocenters. The van der Waals surface area contributed by atoms with E-state index in [1.807, 2.05) is 42.6 Å². The van der Waals surface area contributed by atoms with Crippen molar-refractivity contribution < 1.29 is 9.53 Å². The van der Waals surface area contributed by atoms with Gasteiger partial charge >= 0.3 is 0 Å². The fourth-order valence-corrected chi connectivity index (χ4v) is 3.50. The van der Waals surface area contributed by atoms with E-state index in [-0.39, 0.29) is 5.91 Å². The molecular formula is C21H23N3O2. The van der Waals surface area contributed by atoms with E-state index in [1.165, 1.54) is 0 Å². The number of carbonyl (C=O) groups is 1. The van der Waals surface area contributed by atoms with Crippen molar-refractivity contribution in [2.75, 3.05) is 30.0 Å². The normalized spacial score (nSPS) is 17.4. The monoisotopic (exact) mass is 349 g/mol. The number of rotatable bonds is 4. The van der Waals surface area contributed by atoms with Gasteiger partial charge in [0.2, 0.25) is 5.91 Å². The minimum atomic E-state index is -0.0118. The molecule has 5 nitrogen and oxygen atoms in total. The number of nitrogens with one attached hydrogen (secondary N) is 2. The summed E-state index contributed by atoms with van der Waals surface area (Å²) < 4.78 is 5.49. The zero-order chi connectivity index (χ0) is 17.9. The quantitative estimate of drug-likeness (QED) is 0.757. The number of carbonyl (C=O) groups excluding carboxylic acids is 1. The first-order valence-corrected chi connectivity index (χ1v) is 9.00. The van der Waals surface area contributed by atoms with Crippen LogP contribution in [0, 0.1) is 0 Å². The van der Waals surface area contributed by atoms with Crippen molar-refractivity contribution in [3.8, 4) is 0 Å². The van der Waals surface area contributed by atoms with Gasteiger partial charge in [-0.3, -0.25) is 4.79 Å². The minimum Gasteiger partial charge on any atom is -0.377 e. The summed E-state index contributed by atoms with van der Waals surface area (Å²) in [5, 5.41) is 4.09. The van der Waals surface area contributed by atoms with Crippen LogP contribution in [0.3, 0.4) is 0 Å². The Balaban J connectivity index is 1.41. The molecule has 26 heavy (non-hydrogen) atoms. The number of H-pyrrole nitrogens is 1. The van der Waals surface area contributed by atoms with E-state index in [0.717, 1.165) is 47.6 Å². The van der Waals surface area contributed by atoms with Crippen LogP contribution < -0.4 is 10.2 Å². The molecule has 1 saturated heterocycles. The Morgan fingerprint density at radius 1 is 1.23 bits per heavy atom. The van der Waals surface area contributed by atoms with Crippen LogP contribution in [0.25, 0.3) is 10.9 Å². The second-order valence-electron chi connectivity index (χ2n) is 6.75. The van der Waals surface area contributed by atoms with Crippen LogP contribution >= 0.6 is 0 Å². The lowest BCUT2D eigenvalue weighted by atomic mass is 10.1. The second-order valence-corrected chi connectivity index (χ2v) is 6.75. The molecule has 0 spiro atoms. The SMILES string of the molecule is CC1COCCN1c1ccc(NC(=O)Cc2c[nH]c3ccccc23)cc1. The van der Waals surface area contributed by atoms with Crippen molar-refractivity contribution in [1.82, 2.24) is 4.98 Å². The number of aromatic amines is 1. The van der Waals surface area contributed by atoms with E-state index in [1.54, 1.807) is 0 Å². The predicted octanol–water partition coefficient (Wildman–Crippen LogP) is 3.57. The number of hydrogen-bond donors (Lipinski definition) is 2. The van der Waals surface area contributed by atoms with Gasteiger partial charge < -0.3 is 19.9 Å². The Bertz CT molecular complexity index is 901. The zero-order valence-electron chi connectivity index (χ0n) is 14.9. The second kappa shape index (κ2) is 7.22. The molecule has 1 unspecified atom stereocenters. The van der Waals surface area contributed by atoms with Gasteiger partial charge in [0, 0.05) is 41.1 Å². The Morgan fingerprint density at radius 2 is 2.04 bits per heavy atom. The molecule has 1 aliphatic heterocycles. The minimum absolute atomic E-state index is 0.0118. The first-order chi connectivity index (χ1) is 12.7. The molecule has 5 heteroatoms. The predicted molar refractivity (Wildman–Crippen MR) is 105 cm³/mol. The van der Waals surface area contributed by atoms with E-state index in [2.05, 4.69) is 34.3 Å². The van der Waals surface area contributed by atoms with Crippen LogP contribution in [-0.2, 0) is 16.0 Å². The Morgan fingerprint density at radius 3 is 2.85 bits per heavy atom. The Kier molecular flexibility index (Phi) is 4.63. The van der Waals surface area contributed by atoms with Crippen LogP contribution in [0.5, 0.6) is 0 Å². The maximum atomic E-state index is 12.4. The number of ether oxygens (including phenoxy) is 1. The molecule has 0 saturated carbocycles. The van der Waals surface area contributed by atoms with Gasteiger partial charge in [0.25, 0.3) is 0 Å². The molecule has 1 aliphatic rings. The zero-order valence-corrected chi connectivity index (χ0v) is 14.9. The molecule has 4 rings (SSSR count). The van der Waals surface area contributed by atoms with Crippen LogP contribution in [0.4, 0.5) is 11.4 Å². The highest BCUT2D eigenvalue weighted by molar-refractivity contribution is 5.95. The van der Waals surface area contributed by atoms with Gasteiger partial charge in [-0.25, -0.2) is 0 Å². The molecule has 0 radical (unpaired) electrons. The molecule has 2 heterocycles. The van der Waals surface area contributed by atoms with Gasteiger partial charge in [-0.2, -0.15) is 0 Å². The third kappa shape index (κ3) is 3.44. The van der Waals surface area contributed by atoms with Crippen molar-refractivity contribution in [2.24, 2.45) is 0 Å². The third-order valence-electron chi connectivity index (χ3n) is 4.88. The Hall–Kier alpha value is -2.79. The molecule has 1 amide bonds. The average molecular weight is 349 g/mol. The van der Waals surface area contributed by atoms with Gasteiger partial charge in [0.1, 0.15) is 0 Å². The van der Waals surface area contributed by atoms with E-state index in [4.69, 9.17) is 4.74 Å². The van der Waals surface area contributed by atoms with Crippen LogP contribution in [0.1, 0.15) is 12.5 Å². The number of para-hydroxylation sites is 1. The molecule has 1 aromatic heterocycles. The van der Waals surface area contributed by atoms with Crippen LogP contribution in [-0.4, -0.2) is 36.7 Å². The van der Waals surface area contributed by atoms with Gasteiger partial charge in [-0.1, -0.05) is 18.2 Å². The smallest absolute Gasteiger partial charge is 0.228 e. The molecule has 3 aromatic rings. The van der Waals surface area contributed by atoms with Crippen LogP contribution in [0.2, 0.25) is 0 Å². The largest absolute Gasteiger partial charge is 0.377 e. The number of fused-ring (bicyclic) bond motifs is 1. The summed E-state index contributed by atoms with van der Waals surface area (Å²) in [5.41, 5.74) is 4.05. The van der Waals surface area contributed by atoms with Crippen molar-refractivity contribution in [1.29, 1.82) is 0 Å². The van der Waals surface area contributed by atoms with Gasteiger partial charge in [-0.15, -0.1) is 0 Å². The number of amides is 1. The molecule has 2 aromatic carbocycles. The maximum absolute atomic E-state index is 12.4. The van der Waals surface area contributed by atoms with E-state index >= 15 is 0 Å². The fraction of sp³-hybridized carbons (Fsp3) is 0.286. The van der Waals surface area contributed by atoms with Crippen molar-refractivity contribution in [2.45, 2.75) is 19.4 Å². The summed E-state index contributed by atoms with van der Waals surface area (Å²) in [6, 6.07) is 16.4. The van der Waals surface area contributed by atoms with Gasteiger partial charge in [0.05, 0.1) is 19.6 Å². The fourth-order valence-electron chi connectivity index (χ4n) is 3.50. The summed E-state index contributed by atoms with van der Waals surface area (Å²) in [5.74, 6) is -0.0118. The van der Waals surface area contributed by atoms with Crippen molar-refractivity contribution >= 4 is 28.2 Å². The highest BCUT2D eigenvalue weighted by Crippen LogP contribution is 2.23. The van der Waals surface area contributed by atoms with Gasteiger partial charge in [-0.05, 0) is 42.8 Å². The van der Waals surface area contributed by atoms with Crippen LogP contribution in [0.15, 0.2) is 54.7 Å². The lowest BCUT2D eigenvalue weighted by molar-refractivity contribution is -0.115. The summed E-state index contributed by atoms with van der Waals surface area (Å²) in [6.07, 6.45) is 2.26. The number of nitrogens with zero attached hydrogens (tertiary/aromatic N) is 1. The lowest BCUT2D eigenvalue weighted by Gasteiger charge is -2.35. The molecule has 1 fully saturated rings. The molecule has 134 valence electrons. The number of aromatic nitrogens is 1. The maximum Gasteiger partial charge on any atom is 0.228 e. The van der Waals surface area contributed by atoms with Crippen molar-refractivity contribution in [3.63, 3.8) is 0 Å². The number of hydrogen-bond acceptors (Lipinski definition) is 3. The number of benzene rings is 2. The summed E-state index contributed by atoms with van der Waals surface area (Å²) in [7, 11) is 0. The average Bonchev–Trinajstić information content (AvgIpc) is 3.06. The van der Waals surface area contributed by atoms with Crippen molar-refractivity contribution in [3.05, 3.63) is 60.3 Å². The third-order valence-corrected chi connectivity index (χ3v) is 4.88. The first kappa shape index (κ1) is 16.7. The highest BCUT2D eigenvalue weighted by Gasteiger charge is 2.19. The van der Waals surface area contributed by atoms with E-state index < -0.39 is 0 Å². The molecule has 2 N–H and O–H groups in total. The van der Waals surface area contributed by atoms with Gasteiger partial charge in [0.15, 0.2) is 0 Å². The van der Waals surface area contributed by atoms with E-state index in [9.17, 15) is 4.79 Å². The highest BCUT2D eigenvalue weighted by atomic mass is 16.5. The molecular weight excluding hydrogens is 326 g/mol. The summed E-state index contributed by atoms with van der Waals surface area (Å²) in [6.45, 7) is 4.57. The lowest BCUT2D eigenvalue weighted by Crippen LogP contribution is -2.43. The topological polar surface area (TPSA) is 57.4 Å². The molecule has 0 bridgehead atoms.